The van der Waals surface area contributed by atoms with Crippen LogP contribution in [0, 0.1) is 0 Å². The van der Waals surface area contributed by atoms with E-state index in [2.05, 4.69) is 15.6 Å². The predicted molar refractivity (Wildman–Crippen MR) is 70.3 cm³/mol. The molecule has 0 spiro atoms. The normalized spacial score (nSPS) is 14.4. The molecular weight excluding hydrogens is 260 g/mol. The number of aromatic nitrogens is 3. The number of hydrogen-bond acceptors (Lipinski definition) is 4. The van der Waals surface area contributed by atoms with Gasteiger partial charge in [0.25, 0.3) is 0 Å². The SMILES string of the molecule is O=C(CCn1nnc2c(C(=O)O)cccc21)NC1CC1. The highest BCUT2D eigenvalue weighted by Gasteiger charge is 2.23. The zero-order valence-electron chi connectivity index (χ0n) is 10.7. The molecule has 0 bridgehead atoms. The molecule has 20 heavy (non-hydrogen) atoms. The zero-order chi connectivity index (χ0) is 14.1. The van der Waals surface area contributed by atoms with Gasteiger partial charge in [0.15, 0.2) is 0 Å². The van der Waals surface area contributed by atoms with Crippen LogP contribution in [-0.4, -0.2) is 38.0 Å². The Kier molecular flexibility index (Phi) is 3.09. The average Bonchev–Trinajstić information content (AvgIpc) is 3.14. The van der Waals surface area contributed by atoms with Gasteiger partial charge >= 0.3 is 5.97 Å². The smallest absolute Gasteiger partial charge is 0.338 e. The van der Waals surface area contributed by atoms with Crippen LogP contribution in [0.4, 0.5) is 0 Å². The number of amides is 1. The van der Waals surface area contributed by atoms with Gasteiger partial charge in [0, 0.05) is 12.5 Å². The van der Waals surface area contributed by atoms with Gasteiger partial charge < -0.3 is 10.4 Å². The van der Waals surface area contributed by atoms with Gasteiger partial charge in [0.1, 0.15) is 5.52 Å². The quantitative estimate of drug-likeness (QED) is 0.840. The van der Waals surface area contributed by atoms with Gasteiger partial charge in [0.05, 0.1) is 17.6 Å². The van der Waals surface area contributed by atoms with E-state index in [0.717, 1.165) is 12.8 Å². The molecule has 1 aromatic carbocycles. The number of benzene rings is 1. The van der Waals surface area contributed by atoms with Gasteiger partial charge in [-0.3, -0.25) is 4.79 Å². The highest BCUT2D eigenvalue weighted by atomic mass is 16.4. The minimum absolute atomic E-state index is 0.00876. The molecule has 1 aliphatic carbocycles. The number of hydrogen-bond donors (Lipinski definition) is 2. The van der Waals surface area contributed by atoms with Crippen LogP contribution in [0.15, 0.2) is 18.2 Å². The van der Waals surface area contributed by atoms with E-state index >= 15 is 0 Å². The van der Waals surface area contributed by atoms with Crippen molar-refractivity contribution in [1.29, 1.82) is 0 Å². The largest absolute Gasteiger partial charge is 0.478 e. The molecule has 7 nitrogen and oxygen atoms in total. The Balaban J connectivity index is 1.76. The molecule has 7 heteroatoms. The van der Waals surface area contributed by atoms with Gasteiger partial charge in [-0.1, -0.05) is 11.3 Å². The van der Waals surface area contributed by atoms with E-state index in [9.17, 15) is 9.59 Å². The number of aryl methyl sites for hydroxylation is 1. The molecule has 0 unspecified atom stereocenters. The summed E-state index contributed by atoms with van der Waals surface area (Å²) in [5.41, 5.74) is 1.10. The summed E-state index contributed by atoms with van der Waals surface area (Å²) < 4.78 is 1.56. The topological polar surface area (TPSA) is 97.1 Å². The first-order chi connectivity index (χ1) is 9.65. The van der Waals surface area contributed by atoms with Crippen LogP contribution in [-0.2, 0) is 11.3 Å². The van der Waals surface area contributed by atoms with Crippen molar-refractivity contribution in [2.45, 2.75) is 31.8 Å². The molecule has 0 aliphatic heterocycles. The van der Waals surface area contributed by atoms with Crippen molar-refractivity contribution in [3.05, 3.63) is 23.8 Å². The van der Waals surface area contributed by atoms with E-state index in [1.165, 1.54) is 6.07 Å². The van der Waals surface area contributed by atoms with Gasteiger partial charge in [0.2, 0.25) is 5.91 Å². The maximum Gasteiger partial charge on any atom is 0.338 e. The second-order valence-electron chi connectivity index (χ2n) is 4.88. The zero-order valence-corrected chi connectivity index (χ0v) is 10.7. The number of nitrogens with one attached hydrogen (secondary N) is 1. The Hall–Kier alpha value is -2.44. The van der Waals surface area contributed by atoms with Crippen LogP contribution in [0.5, 0.6) is 0 Å². The van der Waals surface area contributed by atoms with E-state index in [-0.39, 0.29) is 11.5 Å². The maximum atomic E-state index is 11.6. The molecule has 104 valence electrons. The lowest BCUT2D eigenvalue weighted by molar-refractivity contribution is -0.121. The van der Waals surface area contributed by atoms with Gasteiger partial charge in [-0.05, 0) is 25.0 Å². The third-order valence-corrected chi connectivity index (χ3v) is 3.27. The molecule has 0 radical (unpaired) electrons. The van der Waals surface area contributed by atoms with Gasteiger partial charge in [-0.2, -0.15) is 0 Å². The standard InChI is InChI=1S/C13H14N4O3/c18-11(14-8-4-5-8)6-7-17-10-3-1-2-9(13(19)20)12(10)15-16-17/h1-3,8H,4-7H2,(H,14,18)(H,19,20). The molecule has 0 saturated heterocycles. The van der Waals surface area contributed by atoms with Crippen LogP contribution in [0.1, 0.15) is 29.6 Å². The number of carbonyl (C=O) groups is 2. The third kappa shape index (κ3) is 2.47. The summed E-state index contributed by atoms with van der Waals surface area (Å²) in [4.78, 5) is 22.7. The molecule has 1 heterocycles. The summed E-state index contributed by atoms with van der Waals surface area (Å²) in [6.07, 6.45) is 2.42. The fourth-order valence-electron chi connectivity index (χ4n) is 2.06. The predicted octanol–water partition coefficient (Wildman–Crippen LogP) is 0.798. The Morgan fingerprint density at radius 1 is 1.40 bits per heavy atom. The van der Waals surface area contributed by atoms with Crippen LogP contribution >= 0.6 is 0 Å². The third-order valence-electron chi connectivity index (χ3n) is 3.27. The first kappa shape index (κ1) is 12.6. The van der Waals surface area contributed by atoms with Crippen molar-refractivity contribution < 1.29 is 14.7 Å². The molecule has 1 aliphatic rings. The van der Waals surface area contributed by atoms with Crippen molar-refractivity contribution in [3.8, 4) is 0 Å². The van der Waals surface area contributed by atoms with Gasteiger partial charge in [-0.15, -0.1) is 5.10 Å². The van der Waals surface area contributed by atoms with Crippen molar-refractivity contribution >= 4 is 22.9 Å². The second kappa shape index (κ2) is 4.92. The summed E-state index contributed by atoms with van der Waals surface area (Å²) in [7, 11) is 0. The number of carboxylic acids is 1. The molecule has 2 N–H and O–H groups in total. The van der Waals surface area contributed by atoms with Crippen LogP contribution < -0.4 is 5.32 Å². The fraction of sp³-hybridized carbons (Fsp3) is 0.385. The Morgan fingerprint density at radius 2 is 2.20 bits per heavy atom. The number of carbonyl (C=O) groups excluding carboxylic acids is 1. The van der Waals surface area contributed by atoms with Crippen molar-refractivity contribution in [2.24, 2.45) is 0 Å². The van der Waals surface area contributed by atoms with E-state index in [0.29, 0.717) is 30.0 Å². The van der Waals surface area contributed by atoms with Crippen LogP contribution in [0.25, 0.3) is 11.0 Å². The lowest BCUT2D eigenvalue weighted by Gasteiger charge is -2.04. The molecule has 1 aromatic heterocycles. The molecule has 1 amide bonds. The highest BCUT2D eigenvalue weighted by Crippen LogP contribution is 2.19. The monoisotopic (exact) mass is 274 g/mol. The van der Waals surface area contributed by atoms with Crippen LogP contribution in [0.3, 0.4) is 0 Å². The van der Waals surface area contributed by atoms with Crippen molar-refractivity contribution in [1.82, 2.24) is 20.3 Å². The molecule has 1 saturated carbocycles. The minimum Gasteiger partial charge on any atom is -0.478 e. The molecule has 0 atom stereocenters. The second-order valence-corrected chi connectivity index (χ2v) is 4.88. The highest BCUT2D eigenvalue weighted by molar-refractivity contribution is 6.00. The lowest BCUT2D eigenvalue weighted by Crippen LogP contribution is -2.26. The molecule has 3 rings (SSSR count). The first-order valence-electron chi connectivity index (χ1n) is 6.50. The fourth-order valence-corrected chi connectivity index (χ4v) is 2.06. The van der Waals surface area contributed by atoms with E-state index in [1.807, 2.05) is 0 Å². The van der Waals surface area contributed by atoms with Crippen molar-refractivity contribution in [3.63, 3.8) is 0 Å². The number of rotatable bonds is 5. The number of fused-ring (bicyclic) bond motifs is 1. The minimum atomic E-state index is -1.03. The number of aromatic carboxylic acids is 1. The molecular formula is C13H14N4O3. The van der Waals surface area contributed by atoms with E-state index in [1.54, 1.807) is 16.8 Å². The van der Waals surface area contributed by atoms with E-state index < -0.39 is 5.97 Å². The first-order valence-corrected chi connectivity index (χ1v) is 6.50. The lowest BCUT2D eigenvalue weighted by atomic mass is 10.2. The Bertz CT molecular complexity index is 675. The number of nitrogens with zero attached hydrogens (tertiary/aromatic N) is 3. The van der Waals surface area contributed by atoms with E-state index in [4.69, 9.17) is 5.11 Å². The summed E-state index contributed by atoms with van der Waals surface area (Å²) >= 11 is 0. The Morgan fingerprint density at radius 3 is 2.90 bits per heavy atom. The van der Waals surface area contributed by atoms with Crippen LogP contribution in [0.2, 0.25) is 0 Å². The van der Waals surface area contributed by atoms with Crippen molar-refractivity contribution in [2.75, 3.05) is 0 Å². The molecule has 2 aromatic rings. The summed E-state index contributed by atoms with van der Waals surface area (Å²) in [6.45, 7) is 0.387. The summed E-state index contributed by atoms with van der Waals surface area (Å²) in [5, 5.41) is 19.8. The number of carboxylic acid groups (broad SMARTS) is 1. The summed E-state index contributed by atoms with van der Waals surface area (Å²) in [5.74, 6) is -1.04. The van der Waals surface area contributed by atoms with Gasteiger partial charge in [-0.25, -0.2) is 9.48 Å². The summed E-state index contributed by atoms with van der Waals surface area (Å²) in [6, 6.07) is 5.23. The average molecular weight is 274 g/mol. The molecule has 1 fully saturated rings. The maximum absolute atomic E-state index is 11.6. The Labute approximate surface area is 114 Å².